The Balaban J connectivity index is 1.58. The van der Waals surface area contributed by atoms with Crippen LogP contribution in [0.3, 0.4) is 0 Å². The highest BCUT2D eigenvalue weighted by Gasteiger charge is 2.32. The summed E-state index contributed by atoms with van der Waals surface area (Å²) in [7, 11) is 0. The van der Waals surface area contributed by atoms with Crippen molar-refractivity contribution in [3.63, 3.8) is 0 Å². The maximum atomic E-state index is 12.8. The SMILES string of the molecule is C=CC(=O)N1CC(c2ccc3c(c2)NC(=O)N(c2cc(O)cc(C)c2C=C)C3)C1. The number of amides is 3. The second-order valence-corrected chi connectivity index (χ2v) is 7.48. The van der Waals surface area contributed by atoms with Crippen LogP contribution in [-0.4, -0.2) is 35.0 Å². The highest BCUT2D eigenvalue weighted by Crippen LogP contribution is 2.36. The van der Waals surface area contributed by atoms with Crippen LogP contribution in [-0.2, 0) is 11.3 Å². The summed E-state index contributed by atoms with van der Waals surface area (Å²) in [4.78, 5) is 27.8. The van der Waals surface area contributed by atoms with Gasteiger partial charge in [0, 0.05) is 36.3 Å². The van der Waals surface area contributed by atoms with E-state index in [0.29, 0.717) is 25.3 Å². The van der Waals surface area contributed by atoms with E-state index in [1.807, 2.05) is 19.1 Å². The zero-order valence-electron chi connectivity index (χ0n) is 16.3. The molecule has 2 aliphatic heterocycles. The van der Waals surface area contributed by atoms with Gasteiger partial charge < -0.3 is 15.3 Å². The number of hydrogen-bond donors (Lipinski definition) is 2. The van der Waals surface area contributed by atoms with E-state index in [1.165, 1.54) is 6.08 Å². The predicted molar refractivity (Wildman–Crippen MR) is 114 cm³/mol. The van der Waals surface area contributed by atoms with E-state index in [2.05, 4.69) is 24.5 Å². The van der Waals surface area contributed by atoms with Crippen LogP contribution in [0, 0.1) is 6.92 Å². The number of urea groups is 1. The van der Waals surface area contributed by atoms with Gasteiger partial charge in [-0.25, -0.2) is 4.79 Å². The molecule has 2 aliphatic rings. The number of hydrogen-bond acceptors (Lipinski definition) is 3. The largest absolute Gasteiger partial charge is 0.508 e. The van der Waals surface area contributed by atoms with Crippen molar-refractivity contribution in [2.75, 3.05) is 23.3 Å². The summed E-state index contributed by atoms with van der Waals surface area (Å²) in [6.07, 6.45) is 3.03. The molecule has 0 atom stereocenters. The molecule has 0 aliphatic carbocycles. The predicted octanol–water partition coefficient (Wildman–Crippen LogP) is 4.01. The highest BCUT2D eigenvalue weighted by atomic mass is 16.3. The van der Waals surface area contributed by atoms with Crippen LogP contribution in [0.1, 0.15) is 28.2 Å². The van der Waals surface area contributed by atoms with Crippen molar-refractivity contribution >= 4 is 29.4 Å². The summed E-state index contributed by atoms with van der Waals surface area (Å²) in [5.74, 6) is 0.323. The van der Waals surface area contributed by atoms with Crippen molar-refractivity contribution in [3.8, 4) is 5.75 Å². The third-order valence-corrected chi connectivity index (χ3v) is 5.63. The zero-order chi connectivity index (χ0) is 20.7. The van der Waals surface area contributed by atoms with Gasteiger partial charge in [-0.05, 0) is 41.8 Å². The smallest absolute Gasteiger partial charge is 0.326 e. The normalized spacial score (nSPS) is 16.0. The van der Waals surface area contributed by atoms with Gasteiger partial charge in [-0.1, -0.05) is 31.4 Å². The molecule has 148 valence electrons. The molecular weight excluding hydrogens is 366 g/mol. The van der Waals surface area contributed by atoms with Crippen LogP contribution in [0.25, 0.3) is 6.08 Å². The number of phenolic OH excluding ortho intramolecular Hbond substituents is 1. The summed E-state index contributed by atoms with van der Waals surface area (Å²) in [6, 6.07) is 9.05. The average molecular weight is 389 g/mol. The number of fused-ring (bicyclic) bond motifs is 1. The molecule has 6 heteroatoms. The first-order valence-corrected chi connectivity index (χ1v) is 9.50. The number of aryl methyl sites for hydroxylation is 1. The van der Waals surface area contributed by atoms with E-state index in [0.717, 1.165) is 27.9 Å². The van der Waals surface area contributed by atoms with Crippen LogP contribution in [0.4, 0.5) is 16.2 Å². The Labute approximate surface area is 169 Å². The molecule has 6 nitrogen and oxygen atoms in total. The van der Waals surface area contributed by atoms with Gasteiger partial charge in [0.2, 0.25) is 5.91 Å². The lowest BCUT2D eigenvalue weighted by Gasteiger charge is -2.39. The second-order valence-electron chi connectivity index (χ2n) is 7.48. The van der Waals surface area contributed by atoms with Gasteiger partial charge in [0.25, 0.3) is 0 Å². The van der Waals surface area contributed by atoms with E-state index in [4.69, 9.17) is 0 Å². The van der Waals surface area contributed by atoms with Crippen molar-refractivity contribution in [2.24, 2.45) is 0 Å². The Morgan fingerprint density at radius 3 is 2.69 bits per heavy atom. The minimum absolute atomic E-state index is 0.0532. The van der Waals surface area contributed by atoms with Crippen molar-refractivity contribution < 1.29 is 14.7 Å². The van der Waals surface area contributed by atoms with Crippen molar-refractivity contribution in [1.29, 1.82) is 0 Å². The van der Waals surface area contributed by atoms with Gasteiger partial charge in [-0.2, -0.15) is 0 Å². The van der Waals surface area contributed by atoms with Crippen LogP contribution in [0.15, 0.2) is 49.6 Å². The molecule has 2 heterocycles. The molecule has 0 radical (unpaired) electrons. The summed E-state index contributed by atoms with van der Waals surface area (Å²) >= 11 is 0. The number of anilines is 2. The number of carbonyl (C=O) groups is 2. The third-order valence-electron chi connectivity index (χ3n) is 5.63. The number of nitrogens with zero attached hydrogens (tertiary/aromatic N) is 2. The fourth-order valence-corrected chi connectivity index (χ4v) is 3.97. The van der Waals surface area contributed by atoms with Crippen LogP contribution < -0.4 is 10.2 Å². The quantitative estimate of drug-likeness (QED) is 0.776. The third kappa shape index (κ3) is 3.27. The molecule has 2 aromatic rings. The average Bonchev–Trinajstić information content (AvgIpc) is 2.65. The Morgan fingerprint density at radius 2 is 2.00 bits per heavy atom. The van der Waals surface area contributed by atoms with Gasteiger partial charge in [0.05, 0.1) is 12.2 Å². The summed E-state index contributed by atoms with van der Waals surface area (Å²) in [5, 5.41) is 13.0. The van der Waals surface area contributed by atoms with Crippen molar-refractivity contribution in [1.82, 2.24) is 4.90 Å². The molecule has 0 unspecified atom stereocenters. The molecule has 0 bridgehead atoms. The van der Waals surface area contributed by atoms with Crippen LogP contribution >= 0.6 is 0 Å². The van der Waals surface area contributed by atoms with Gasteiger partial charge in [-0.15, -0.1) is 0 Å². The summed E-state index contributed by atoms with van der Waals surface area (Å²) < 4.78 is 0. The summed E-state index contributed by atoms with van der Waals surface area (Å²) in [5.41, 5.74) is 5.18. The molecular formula is C23H23N3O3. The maximum absolute atomic E-state index is 12.8. The van der Waals surface area contributed by atoms with Crippen molar-refractivity contribution in [3.05, 3.63) is 71.8 Å². The zero-order valence-corrected chi connectivity index (χ0v) is 16.3. The highest BCUT2D eigenvalue weighted by molar-refractivity contribution is 6.05. The van der Waals surface area contributed by atoms with Crippen LogP contribution in [0.5, 0.6) is 5.75 Å². The van der Waals surface area contributed by atoms with E-state index in [-0.39, 0.29) is 23.6 Å². The number of carbonyl (C=O) groups excluding carboxylic acids is 2. The molecule has 0 aromatic heterocycles. The first-order chi connectivity index (χ1) is 13.9. The fraction of sp³-hybridized carbons (Fsp3) is 0.217. The van der Waals surface area contributed by atoms with Gasteiger partial charge >= 0.3 is 6.03 Å². The first kappa shape index (κ1) is 18.8. The number of nitrogens with one attached hydrogen (secondary N) is 1. The van der Waals surface area contributed by atoms with E-state index in [1.54, 1.807) is 28.0 Å². The summed E-state index contributed by atoms with van der Waals surface area (Å²) in [6.45, 7) is 11.0. The van der Waals surface area contributed by atoms with Gasteiger partial charge in [0.1, 0.15) is 5.75 Å². The Hall–Kier alpha value is -3.54. The van der Waals surface area contributed by atoms with E-state index < -0.39 is 0 Å². The molecule has 2 aromatic carbocycles. The van der Waals surface area contributed by atoms with E-state index >= 15 is 0 Å². The van der Waals surface area contributed by atoms with Gasteiger partial charge in [-0.3, -0.25) is 9.69 Å². The van der Waals surface area contributed by atoms with E-state index in [9.17, 15) is 14.7 Å². The first-order valence-electron chi connectivity index (χ1n) is 9.50. The number of rotatable bonds is 4. The molecule has 29 heavy (non-hydrogen) atoms. The molecule has 0 spiro atoms. The molecule has 3 amide bonds. The molecule has 0 saturated carbocycles. The molecule has 4 rings (SSSR count). The topological polar surface area (TPSA) is 72.9 Å². The fourth-order valence-electron chi connectivity index (χ4n) is 3.97. The van der Waals surface area contributed by atoms with Gasteiger partial charge in [0.15, 0.2) is 0 Å². The van der Waals surface area contributed by atoms with Crippen LogP contribution in [0.2, 0.25) is 0 Å². The number of benzene rings is 2. The van der Waals surface area contributed by atoms with Crippen molar-refractivity contribution in [2.45, 2.75) is 19.4 Å². The Kier molecular flexibility index (Phi) is 4.62. The lowest BCUT2D eigenvalue weighted by molar-refractivity contribution is -0.130. The number of likely N-dealkylation sites (tertiary alicyclic amines) is 1. The maximum Gasteiger partial charge on any atom is 0.326 e. The molecule has 1 saturated heterocycles. The minimum Gasteiger partial charge on any atom is -0.508 e. The molecule has 1 fully saturated rings. The Morgan fingerprint density at radius 1 is 1.24 bits per heavy atom. The second kappa shape index (κ2) is 7.13. The standard InChI is InChI=1S/C23H23N3O3/c1-4-19-14(3)8-18(27)10-21(19)26-13-16-7-6-15(9-20(16)24-23(26)29)17-11-25(12-17)22(28)5-2/h4-10,17,27H,1-2,11-13H2,3H3,(H,24,29). The lowest BCUT2D eigenvalue weighted by Crippen LogP contribution is -2.47. The Bertz CT molecular complexity index is 1040. The monoisotopic (exact) mass is 389 g/mol. The lowest BCUT2D eigenvalue weighted by atomic mass is 9.89. The minimum atomic E-state index is -0.250. The number of phenols is 1. The number of aromatic hydroxyl groups is 1. The molecule has 2 N–H and O–H groups in total.